The van der Waals surface area contributed by atoms with Crippen LogP contribution in [0.4, 0.5) is 0 Å². The highest BCUT2D eigenvalue weighted by Gasteiger charge is 2.15. The zero-order valence-corrected chi connectivity index (χ0v) is 11.1. The molecular weight excluding hydrogens is 220 g/mol. The van der Waals surface area contributed by atoms with Crippen LogP contribution in [0, 0.1) is 17.8 Å². The van der Waals surface area contributed by atoms with E-state index in [0.717, 1.165) is 24.2 Å². The van der Waals surface area contributed by atoms with Crippen molar-refractivity contribution in [1.29, 1.82) is 0 Å². The van der Waals surface area contributed by atoms with E-state index in [4.69, 9.17) is 4.74 Å². The van der Waals surface area contributed by atoms with E-state index in [-0.39, 0.29) is 6.10 Å². The maximum atomic E-state index is 5.91. The average Bonchev–Trinajstić information content (AvgIpc) is 2.37. The number of hydrogen-bond acceptors (Lipinski definition) is 1. The highest BCUT2D eigenvalue weighted by atomic mass is 16.5. The summed E-state index contributed by atoms with van der Waals surface area (Å²) in [5.41, 5.74) is 1.06. The summed E-state index contributed by atoms with van der Waals surface area (Å²) in [4.78, 5) is 0. The molecule has 1 saturated heterocycles. The van der Waals surface area contributed by atoms with E-state index in [0.29, 0.717) is 5.92 Å². The van der Waals surface area contributed by atoms with E-state index < -0.39 is 0 Å². The zero-order valence-electron chi connectivity index (χ0n) is 11.1. The Hall–Kier alpha value is -1.68. The van der Waals surface area contributed by atoms with Crippen molar-refractivity contribution >= 4 is 0 Å². The Kier molecular flexibility index (Phi) is 4.47. The number of rotatable bonds is 1. The van der Waals surface area contributed by atoms with Gasteiger partial charge in [-0.25, -0.2) is 0 Å². The van der Waals surface area contributed by atoms with Crippen LogP contribution >= 0.6 is 0 Å². The van der Waals surface area contributed by atoms with Crippen molar-refractivity contribution in [1.82, 2.24) is 0 Å². The van der Waals surface area contributed by atoms with Crippen LogP contribution in [0.3, 0.4) is 0 Å². The Labute approximate surface area is 110 Å². The first-order valence-electron chi connectivity index (χ1n) is 6.68. The van der Waals surface area contributed by atoms with Crippen LogP contribution in [0.25, 0.3) is 0 Å². The van der Waals surface area contributed by atoms with E-state index in [9.17, 15) is 0 Å². The van der Waals surface area contributed by atoms with Gasteiger partial charge in [-0.1, -0.05) is 43.9 Å². The van der Waals surface area contributed by atoms with E-state index in [1.165, 1.54) is 6.42 Å². The molecule has 0 radical (unpaired) electrons. The van der Waals surface area contributed by atoms with E-state index in [2.05, 4.69) is 31.8 Å². The molecular formula is C17H20O. The van der Waals surface area contributed by atoms with Crippen LogP contribution in [0.15, 0.2) is 42.2 Å². The van der Waals surface area contributed by atoms with Gasteiger partial charge in [-0.3, -0.25) is 0 Å². The van der Waals surface area contributed by atoms with Crippen LogP contribution in [-0.2, 0) is 4.74 Å². The van der Waals surface area contributed by atoms with Crippen LogP contribution in [0.5, 0.6) is 0 Å². The van der Waals surface area contributed by atoms with Crippen molar-refractivity contribution in [2.24, 2.45) is 5.92 Å². The van der Waals surface area contributed by atoms with Gasteiger partial charge in [0, 0.05) is 12.0 Å². The van der Waals surface area contributed by atoms with Crippen LogP contribution < -0.4 is 0 Å². The predicted molar refractivity (Wildman–Crippen MR) is 75.0 cm³/mol. The largest absolute Gasteiger partial charge is 0.482 e. The lowest BCUT2D eigenvalue weighted by atomic mass is 10.0. The van der Waals surface area contributed by atoms with Crippen molar-refractivity contribution in [3.63, 3.8) is 0 Å². The molecule has 1 fully saturated rings. The molecule has 1 unspecified atom stereocenters. The van der Waals surface area contributed by atoms with Crippen molar-refractivity contribution < 1.29 is 4.74 Å². The van der Waals surface area contributed by atoms with Crippen LogP contribution in [-0.4, -0.2) is 6.10 Å². The summed E-state index contributed by atoms with van der Waals surface area (Å²) < 4.78 is 5.91. The minimum Gasteiger partial charge on any atom is -0.482 e. The average molecular weight is 240 g/mol. The van der Waals surface area contributed by atoms with Crippen molar-refractivity contribution in [2.45, 2.75) is 39.2 Å². The fourth-order valence-corrected chi connectivity index (χ4v) is 2.04. The molecule has 1 heteroatoms. The molecule has 1 aliphatic rings. The molecule has 1 nitrogen and oxygen atoms in total. The quantitative estimate of drug-likeness (QED) is 0.670. The molecule has 94 valence electrons. The Balaban J connectivity index is 2.00. The molecule has 1 heterocycles. The van der Waals surface area contributed by atoms with Gasteiger partial charge < -0.3 is 4.74 Å². The standard InChI is InChI=1S/C17H20O/c1-14(2)13-17-10-6-9-16(18-17)12-11-15-7-4-3-5-8-15/h3-5,7-8,13-14,16H,6,9-10H2,1-2H3/b17-13+. The second-order valence-electron chi connectivity index (χ2n) is 5.01. The summed E-state index contributed by atoms with van der Waals surface area (Å²) in [5, 5.41) is 0. The molecule has 0 bridgehead atoms. The lowest BCUT2D eigenvalue weighted by molar-refractivity contribution is 0.114. The summed E-state index contributed by atoms with van der Waals surface area (Å²) in [6.07, 6.45) is 5.53. The first-order valence-corrected chi connectivity index (χ1v) is 6.68. The third-order valence-electron chi connectivity index (χ3n) is 2.85. The number of allylic oxidation sites excluding steroid dienone is 2. The molecule has 1 aromatic rings. The summed E-state index contributed by atoms with van der Waals surface area (Å²) in [5.74, 6) is 8.07. The van der Waals surface area contributed by atoms with Gasteiger partial charge in [0.15, 0.2) is 6.10 Å². The van der Waals surface area contributed by atoms with Crippen molar-refractivity contribution in [3.05, 3.63) is 47.7 Å². The Morgan fingerprint density at radius 2 is 2.06 bits per heavy atom. The fraction of sp³-hybridized carbons (Fsp3) is 0.412. The lowest BCUT2D eigenvalue weighted by Gasteiger charge is -2.22. The molecule has 2 rings (SSSR count). The lowest BCUT2D eigenvalue weighted by Crippen LogP contribution is -2.16. The second kappa shape index (κ2) is 6.31. The molecule has 0 aromatic heterocycles. The highest BCUT2D eigenvalue weighted by Crippen LogP contribution is 2.22. The zero-order chi connectivity index (χ0) is 12.8. The van der Waals surface area contributed by atoms with E-state index in [1.54, 1.807) is 0 Å². The first-order chi connectivity index (χ1) is 8.74. The monoisotopic (exact) mass is 240 g/mol. The van der Waals surface area contributed by atoms with Crippen LogP contribution in [0.1, 0.15) is 38.7 Å². The molecule has 1 atom stereocenters. The first kappa shape index (κ1) is 12.8. The Bertz CT molecular complexity index is 459. The summed E-state index contributed by atoms with van der Waals surface area (Å²) in [6.45, 7) is 4.35. The molecule has 0 spiro atoms. The fourth-order valence-electron chi connectivity index (χ4n) is 2.04. The van der Waals surface area contributed by atoms with Gasteiger partial charge in [0.1, 0.15) is 0 Å². The maximum absolute atomic E-state index is 5.91. The van der Waals surface area contributed by atoms with E-state index in [1.807, 2.05) is 30.3 Å². The van der Waals surface area contributed by atoms with Gasteiger partial charge in [0.2, 0.25) is 0 Å². The topological polar surface area (TPSA) is 9.23 Å². The second-order valence-corrected chi connectivity index (χ2v) is 5.01. The Morgan fingerprint density at radius 3 is 2.78 bits per heavy atom. The molecule has 0 saturated carbocycles. The highest BCUT2D eigenvalue weighted by molar-refractivity contribution is 5.34. The molecule has 1 aromatic carbocycles. The summed E-state index contributed by atoms with van der Waals surface area (Å²) >= 11 is 0. The SMILES string of the molecule is CC(C)/C=C1\CCCC(C#Cc2ccccc2)O1. The number of hydrogen-bond donors (Lipinski definition) is 0. The predicted octanol–water partition coefficient (Wildman–Crippen LogP) is 4.15. The molecule has 18 heavy (non-hydrogen) atoms. The van der Waals surface area contributed by atoms with Gasteiger partial charge in [-0.15, -0.1) is 0 Å². The van der Waals surface area contributed by atoms with Gasteiger partial charge in [0.05, 0.1) is 5.76 Å². The van der Waals surface area contributed by atoms with Gasteiger partial charge in [0.25, 0.3) is 0 Å². The smallest absolute Gasteiger partial charge is 0.159 e. The minimum atomic E-state index is 0.0592. The third-order valence-corrected chi connectivity index (χ3v) is 2.85. The van der Waals surface area contributed by atoms with Gasteiger partial charge in [-0.05, 0) is 37.0 Å². The molecule has 1 aliphatic heterocycles. The number of ether oxygens (including phenoxy) is 1. The normalized spacial score (nSPS) is 21.3. The van der Waals surface area contributed by atoms with Crippen molar-refractivity contribution in [2.75, 3.05) is 0 Å². The number of benzene rings is 1. The van der Waals surface area contributed by atoms with Gasteiger partial charge >= 0.3 is 0 Å². The summed E-state index contributed by atoms with van der Waals surface area (Å²) in [7, 11) is 0. The van der Waals surface area contributed by atoms with E-state index >= 15 is 0 Å². The van der Waals surface area contributed by atoms with Crippen molar-refractivity contribution in [3.8, 4) is 11.8 Å². The van der Waals surface area contributed by atoms with Gasteiger partial charge in [-0.2, -0.15) is 0 Å². The Morgan fingerprint density at radius 1 is 1.28 bits per heavy atom. The molecule has 0 aliphatic carbocycles. The molecule has 0 N–H and O–H groups in total. The third kappa shape index (κ3) is 3.96. The molecule has 0 amide bonds. The maximum Gasteiger partial charge on any atom is 0.159 e. The van der Waals surface area contributed by atoms with Crippen LogP contribution in [0.2, 0.25) is 0 Å². The minimum absolute atomic E-state index is 0.0592. The summed E-state index contributed by atoms with van der Waals surface area (Å²) in [6, 6.07) is 10.1.